The molecule has 1 fully saturated rings. The summed E-state index contributed by atoms with van der Waals surface area (Å²) >= 11 is 0. The van der Waals surface area contributed by atoms with Crippen LogP contribution in [0.15, 0.2) is 23.1 Å². The van der Waals surface area contributed by atoms with Gasteiger partial charge in [-0.15, -0.1) is 12.4 Å². The molecule has 1 aromatic rings. The Hall–Kier alpha value is -0.760. The summed E-state index contributed by atoms with van der Waals surface area (Å²) < 4.78 is 52.4. The number of sulfonamides is 1. The Morgan fingerprint density at radius 3 is 2.25 bits per heavy atom. The van der Waals surface area contributed by atoms with Gasteiger partial charge >= 0.3 is 0 Å². The Balaban J connectivity index is 0.00000200. The minimum absolute atomic E-state index is 0. The molecule has 0 bridgehead atoms. The van der Waals surface area contributed by atoms with Crippen molar-refractivity contribution in [2.24, 2.45) is 5.73 Å². The first-order valence-electron chi connectivity index (χ1n) is 6.11. The Labute approximate surface area is 123 Å². The zero-order chi connectivity index (χ0) is 14.0. The highest BCUT2D eigenvalue weighted by Crippen LogP contribution is 2.20. The molecule has 0 heterocycles. The van der Waals surface area contributed by atoms with Crippen molar-refractivity contribution in [1.29, 1.82) is 0 Å². The molecule has 20 heavy (non-hydrogen) atoms. The van der Waals surface area contributed by atoms with Gasteiger partial charge in [-0.2, -0.15) is 0 Å². The summed E-state index contributed by atoms with van der Waals surface area (Å²) in [5.41, 5.74) is 5.74. The molecule has 3 N–H and O–H groups in total. The number of hydrogen-bond donors (Lipinski definition) is 2. The Bertz CT molecular complexity index is 561. The van der Waals surface area contributed by atoms with E-state index in [1.807, 2.05) is 0 Å². The van der Waals surface area contributed by atoms with Crippen LogP contribution in [0.1, 0.15) is 25.7 Å². The molecular weight excluding hydrogens is 310 g/mol. The normalized spacial score (nSPS) is 23.1. The van der Waals surface area contributed by atoms with Gasteiger partial charge in [-0.05, 0) is 43.9 Å². The minimum Gasteiger partial charge on any atom is -0.328 e. The van der Waals surface area contributed by atoms with E-state index in [0.29, 0.717) is 18.9 Å². The molecule has 0 aromatic heterocycles. The SMILES string of the molecule is Cl.NC1CCC(NS(=O)(=O)c2ccc(F)c(F)c2)CC1. The van der Waals surface area contributed by atoms with Crippen LogP contribution in [0, 0.1) is 11.6 Å². The van der Waals surface area contributed by atoms with Crippen molar-refractivity contribution >= 4 is 22.4 Å². The van der Waals surface area contributed by atoms with Gasteiger partial charge < -0.3 is 5.73 Å². The third-order valence-corrected chi connectivity index (χ3v) is 4.81. The van der Waals surface area contributed by atoms with Gasteiger partial charge in [0.1, 0.15) is 0 Å². The van der Waals surface area contributed by atoms with Crippen LogP contribution in [0.2, 0.25) is 0 Å². The van der Waals surface area contributed by atoms with Crippen molar-refractivity contribution in [1.82, 2.24) is 4.72 Å². The molecule has 2 rings (SSSR count). The van der Waals surface area contributed by atoms with E-state index < -0.39 is 21.7 Å². The maximum atomic E-state index is 13.1. The first-order valence-corrected chi connectivity index (χ1v) is 7.60. The van der Waals surface area contributed by atoms with Gasteiger partial charge in [0.2, 0.25) is 10.0 Å². The maximum Gasteiger partial charge on any atom is 0.240 e. The largest absolute Gasteiger partial charge is 0.328 e. The summed E-state index contributed by atoms with van der Waals surface area (Å²) in [6.45, 7) is 0. The molecule has 0 aliphatic heterocycles. The van der Waals surface area contributed by atoms with E-state index in [1.54, 1.807) is 0 Å². The Kier molecular flexibility index (Phi) is 5.88. The Morgan fingerprint density at radius 2 is 1.70 bits per heavy atom. The summed E-state index contributed by atoms with van der Waals surface area (Å²) in [6.07, 6.45) is 2.82. The van der Waals surface area contributed by atoms with E-state index in [4.69, 9.17) is 5.73 Å². The van der Waals surface area contributed by atoms with Gasteiger partial charge in [0.25, 0.3) is 0 Å². The molecule has 1 saturated carbocycles. The highest BCUT2D eigenvalue weighted by molar-refractivity contribution is 7.89. The van der Waals surface area contributed by atoms with Gasteiger partial charge in [0, 0.05) is 12.1 Å². The van der Waals surface area contributed by atoms with Crippen LogP contribution in [0.3, 0.4) is 0 Å². The monoisotopic (exact) mass is 326 g/mol. The van der Waals surface area contributed by atoms with Crippen molar-refractivity contribution in [2.75, 3.05) is 0 Å². The molecule has 0 spiro atoms. The van der Waals surface area contributed by atoms with Gasteiger partial charge in [0.15, 0.2) is 11.6 Å². The first kappa shape index (κ1) is 17.3. The van der Waals surface area contributed by atoms with Crippen LogP contribution in [-0.2, 0) is 10.0 Å². The molecule has 0 atom stereocenters. The van der Waals surface area contributed by atoms with Gasteiger partial charge in [-0.25, -0.2) is 21.9 Å². The second-order valence-electron chi connectivity index (χ2n) is 4.81. The molecule has 0 saturated heterocycles. The van der Waals surface area contributed by atoms with E-state index in [-0.39, 0.29) is 29.4 Å². The van der Waals surface area contributed by atoms with Gasteiger partial charge in [-0.3, -0.25) is 0 Å². The molecule has 8 heteroatoms. The summed E-state index contributed by atoms with van der Waals surface area (Å²) in [7, 11) is -3.81. The van der Waals surface area contributed by atoms with Crippen LogP contribution in [0.25, 0.3) is 0 Å². The number of hydrogen-bond acceptors (Lipinski definition) is 3. The summed E-state index contributed by atoms with van der Waals surface area (Å²) in [6, 6.07) is 2.46. The van der Waals surface area contributed by atoms with Crippen LogP contribution in [-0.4, -0.2) is 20.5 Å². The highest BCUT2D eigenvalue weighted by atomic mass is 35.5. The van der Waals surface area contributed by atoms with E-state index in [2.05, 4.69) is 4.72 Å². The third-order valence-electron chi connectivity index (χ3n) is 3.30. The number of rotatable bonds is 3. The van der Waals surface area contributed by atoms with Crippen molar-refractivity contribution in [3.63, 3.8) is 0 Å². The predicted molar refractivity (Wildman–Crippen MR) is 74.2 cm³/mol. The van der Waals surface area contributed by atoms with Crippen molar-refractivity contribution < 1.29 is 17.2 Å². The fourth-order valence-electron chi connectivity index (χ4n) is 2.17. The molecule has 1 aliphatic carbocycles. The third kappa shape index (κ3) is 4.12. The first-order chi connectivity index (χ1) is 8.88. The predicted octanol–water partition coefficient (Wildman–Crippen LogP) is 1.93. The van der Waals surface area contributed by atoms with Crippen molar-refractivity contribution in [3.05, 3.63) is 29.8 Å². The van der Waals surface area contributed by atoms with Gasteiger partial charge in [-0.1, -0.05) is 0 Å². The van der Waals surface area contributed by atoms with E-state index in [0.717, 1.165) is 25.0 Å². The van der Waals surface area contributed by atoms with Crippen molar-refractivity contribution in [3.8, 4) is 0 Å². The van der Waals surface area contributed by atoms with Crippen LogP contribution >= 0.6 is 12.4 Å². The maximum absolute atomic E-state index is 13.1. The molecule has 0 unspecified atom stereocenters. The lowest BCUT2D eigenvalue weighted by Crippen LogP contribution is -2.40. The molecule has 1 aromatic carbocycles. The van der Waals surface area contributed by atoms with E-state index in [1.165, 1.54) is 0 Å². The zero-order valence-electron chi connectivity index (χ0n) is 10.7. The number of benzene rings is 1. The lowest BCUT2D eigenvalue weighted by Gasteiger charge is -2.26. The number of halogens is 3. The van der Waals surface area contributed by atoms with E-state index >= 15 is 0 Å². The average Bonchev–Trinajstić information content (AvgIpc) is 2.35. The molecule has 4 nitrogen and oxygen atoms in total. The van der Waals surface area contributed by atoms with E-state index in [9.17, 15) is 17.2 Å². The second kappa shape index (κ2) is 6.80. The van der Waals surface area contributed by atoms with Crippen LogP contribution < -0.4 is 10.5 Å². The highest BCUT2D eigenvalue weighted by Gasteiger charge is 2.24. The van der Waals surface area contributed by atoms with Crippen LogP contribution in [0.5, 0.6) is 0 Å². The van der Waals surface area contributed by atoms with Gasteiger partial charge in [0.05, 0.1) is 4.90 Å². The Morgan fingerprint density at radius 1 is 1.10 bits per heavy atom. The standard InChI is InChI=1S/C12H16F2N2O2S.ClH/c13-11-6-5-10(7-12(11)14)19(17,18)16-9-3-1-8(15)2-4-9;/h5-9,16H,1-4,15H2;1H. The molecule has 114 valence electrons. The lowest BCUT2D eigenvalue weighted by atomic mass is 9.93. The molecular formula is C12H17ClF2N2O2S. The fraction of sp³-hybridized carbons (Fsp3) is 0.500. The zero-order valence-corrected chi connectivity index (χ0v) is 12.3. The average molecular weight is 327 g/mol. The smallest absolute Gasteiger partial charge is 0.240 e. The minimum atomic E-state index is -3.81. The number of nitrogens with two attached hydrogens (primary N) is 1. The molecule has 0 amide bonds. The summed E-state index contributed by atoms with van der Waals surface area (Å²) in [5.74, 6) is -2.24. The lowest BCUT2D eigenvalue weighted by molar-refractivity contribution is 0.373. The van der Waals surface area contributed by atoms with Crippen molar-refractivity contribution in [2.45, 2.75) is 42.7 Å². The molecule has 0 radical (unpaired) electrons. The molecule has 1 aliphatic rings. The number of nitrogens with one attached hydrogen (secondary N) is 1. The quantitative estimate of drug-likeness (QED) is 0.891. The summed E-state index contributed by atoms with van der Waals surface area (Å²) in [4.78, 5) is -0.263. The second-order valence-corrected chi connectivity index (χ2v) is 6.52. The fourth-order valence-corrected chi connectivity index (χ4v) is 3.48. The van der Waals surface area contributed by atoms with Crippen LogP contribution in [0.4, 0.5) is 8.78 Å². The summed E-state index contributed by atoms with van der Waals surface area (Å²) in [5, 5.41) is 0. The topological polar surface area (TPSA) is 72.2 Å².